The first-order valence-corrected chi connectivity index (χ1v) is 10.8. The Morgan fingerprint density at radius 1 is 1.21 bits per heavy atom. The summed E-state index contributed by atoms with van der Waals surface area (Å²) in [5, 5.41) is 1.73. The van der Waals surface area contributed by atoms with Gasteiger partial charge in [-0.2, -0.15) is 8.42 Å². The summed E-state index contributed by atoms with van der Waals surface area (Å²) in [5.74, 6) is -0.487. The minimum absolute atomic E-state index is 0.212. The number of pyridine rings is 1. The Morgan fingerprint density at radius 3 is 2.68 bits per heavy atom. The third-order valence-corrected chi connectivity index (χ3v) is 6.69. The fourth-order valence-corrected chi connectivity index (χ4v) is 5.11. The Labute approximate surface area is 168 Å². The Bertz CT molecular complexity index is 1100. The summed E-state index contributed by atoms with van der Waals surface area (Å²) in [6, 6.07) is 8.72. The van der Waals surface area contributed by atoms with E-state index in [-0.39, 0.29) is 4.21 Å². The van der Waals surface area contributed by atoms with Crippen LogP contribution in [0.25, 0.3) is 17.3 Å². The molecule has 0 radical (unpaired) electrons. The zero-order valence-electron chi connectivity index (χ0n) is 15.7. The van der Waals surface area contributed by atoms with Gasteiger partial charge < -0.3 is 4.74 Å². The number of carbonyl (C=O) groups excluding carboxylic acids is 1. The number of nitrogens with zero attached hydrogens (tertiary/aromatic N) is 2. The van der Waals surface area contributed by atoms with Gasteiger partial charge in [0, 0.05) is 30.2 Å². The largest absolute Gasteiger partial charge is 0.457 e. The molecular weight excluding hydrogens is 396 g/mol. The van der Waals surface area contributed by atoms with Crippen molar-refractivity contribution in [2.24, 2.45) is 0 Å². The van der Waals surface area contributed by atoms with Gasteiger partial charge in [0.05, 0.1) is 5.69 Å². The molecule has 0 fully saturated rings. The second kappa shape index (κ2) is 7.73. The number of hydrogen-bond donors (Lipinski definition) is 0. The fourth-order valence-electron chi connectivity index (χ4n) is 2.44. The SMILES string of the molecule is CC(C)(C)OC(=O)/C=C/c1ccn(S(=O)(=O)c2sccc2-c2ccccn2)c1. The third-order valence-electron chi connectivity index (χ3n) is 3.59. The van der Waals surface area contributed by atoms with Crippen LogP contribution < -0.4 is 0 Å². The van der Waals surface area contributed by atoms with E-state index >= 15 is 0 Å². The predicted octanol–water partition coefficient (Wildman–Crippen LogP) is 4.20. The number of aromatic nitrogens is 2. The van der Waals surface area contributed by atoms with E-state index in [2.05, 4.69) is 4.98 Å². The number of carbonyl (C=O) groups is 1. The summed E-state index contributed by atoms with van der Waals surface area (Å²) in [6.45, 7) is 5.34. The molecule has 0 spiro atoms. The monoisotopic (exact) mass is 416 g/mol. The van der Waals surface area contributed by atoms with Crippen molar-refractivity contribution < 1.29 is 17.9 Å². The second-order valence-electron chi connectivity index (χ2n) is 6.98. The molecule has 6 nitrogen and oxygen atoms in total. The van der Waals surface area contributed by atoms with E-state index in [0.717, 1.165) is 15.3 Å². The maximum atomic E-state index is 13.1. The highest BCUT2D eigenvalue weighted by molar-refractivity contribution is 7.92. The van der Waals surface area contributed by atoms with Crippen molar-refractivity contribution in [1.82, 2.24) is 8.96 Å². The number of rotatable bonds is 5. The van der Waals surface area contributed by atoms with Crippen LogP contribution in [0.1, 0.15) is 26.3 Å². The first-order chi connectivity index (χ1) is 13.2. The van der Waals surface area contributed by atoms with Crippen molar-refractivity contribution in [1.29, 1.82) is 0 Å². The van der Waals surface area contributed by atoms with Crippen molar-refractivity contribution >= 4 is 33.4 Å². The van der Waals surface area contributed by atoms with Gasteiger partial charge in [-0.15, -0.1) is 11.3 Å². The van der Waals surface area contributed by atoms with E-state index in [9.17, 15) is 13.2 Å². The van der Waals surface area contributed by atoms with Crippen molar-refractivity contribution in [2.45, 2.75) is 30.6 Å². The van der Waals surface area contributed by atoms with Crippen molar-refractivity contribution in [3.63, 3.8) is 0 Å². The van der Waals surface area contributed by atoms with Gasteiger partial charge in [-0.25, -0.2) is 8.77 Å². The van der Waals surface area contributed by atoms with Crippen LogP contribution in [0.2, 0.25) is 0 Å². The normalized spacial score (nSPS) is 12.4. The highest BCUT2D eigenvalue weighted by Crippen LogP contribution is 2.32. The molecule has 0 saturated carbocycles. The van der Waals surface area contributed by atoms with Gasteiger partial charge in [-0.3, -0.25) is 4.98 Å². The molecule has 0 N–H and O–H groups in total. The van der Waals surface area contributed by atoms with Gasteiger partial charge in [0.25, 0.3) is 10.0 Å². The smallest absolute Gasteiger partial charge is 0.331 e. The fraction of sp³-hybridized carbons (Fsp3) is 0.200. The molecule has 0 bridgehead atoms. The second-order valence-corrected chi connectivity index (χ2v) is 9.94. The molecule has 0 aliphatic heterocycles. The Balaban J connectivity index is 1.86. The van der Waals surface area contributed by atoms with Gasteiger partial charge >= 0.3 is 5.97 Å². The molecule has 0 aliphatic carbocycles. The van der Waals surface area contributed by atoms with Crippen LogP contribution in [0.4, 0.5) is 0 Å². The van der Waals surface area contributed by atoms with E-state index in [1.165, 1.54) is 24.5 Å². The van der Waals surface area contributed by atoms with Crippen LogP contribution in [0, 0.1) is 0 Å². The molecule has 3 rings (SSSR count). The van der Waals surface area contributed by atoms with Gasteiger partial charge in [-0.1, -0.05) is 6.07 Å². The number of thiophene rings is 1. The highest BCUT2D eigenvalue weighted by atomic mass is 32.2. The van der Waals surface area contributed by atoms with Crippen LogP contribution in [0.3, 0.4) is 0 Å². The van der Waals surface area contributed by atoms with E-state index in [0.29, 0.717) is 16.8 Å². The van der Waals surface area contributed by atoms with E-state index in [4.69, 9.17) is 4.74 Å². The zero-order valence-corrected chi connectivity index (χ0v) is 17.3. The lowest BCUT2D eigenvalue weighted by Crippen LogP contribution is -2.22. The lowest BCUT2D eigenvalue weighted by atomic mass is 10.2. The summed E-state index contributed by atoms with van der Waals surface area (Å²) in [4.78, 5) is 16.0. The molecule has 146 valence electrons. The maximum Gasteiger partial charge on any atom is 0.331 e. The Hall–Kier alpha value is -2.71. The van der Waals surface area contributed by atoms with Gasteiger partial charge in [0.1, 0.15) is 9.81 Å². The zero-order chi connectivity index (χ0) is 20.4. The summed E-state index contributed by atoms with van der Waals surface area (Å²) < 4.78 is 32.7. The predicted molar refractivity (Wildman–Crippen MR) is 109 cm³/mol. The first-order valence-electron chi connectivity index (χ1n) is 8.50. The molecule has 0 amide bonds. The Morgan fingerprint density at radius 2 is 2.00 bits per heavy atom. The molecule has 0 atom stereocenters. The number of hydrogen-bond acceptors (Lipinski definition) is 6. The standard InChI is InChI=1S/C20H20N2O4S2/c1-20(2,3)26-18(23)8-7-15-9-12-22(14-15)28(24,25)19-16(10-13-27-19)17-6-4-5-11-21-17/h4-14H,1-3H3/b8-7+. The molecule has 28 heavy (non-hydrogen) atoms. The minimum Gasteiger partial charge on any atom is -0.457 e. The van der Waals surface area contributed by atoms with Crippen molar-refractivity contribution in [3.8, 4) is 11.3 Å². The van der Waals surface area contributed by atoms with Crippen LogP contribution in [0.15, 0.2) is 64.6 Å². The molecule has 0 saturated heterocycles. The van der Waals surface area contributed by atoms with Crippen LogP contribution in [-0.4, -0.2) is 28.9 Å². The van der Waals surface area contributed by atoms with Crippen molar-refractivity contribution in [2.75, 3.05) is 0 Å². The lowest BCUT2D eigenvalue weighted by Gasteiger charge is -2.17. The summed E-state index contributed by atoms with van der Waals surface area (Å²) in [7, 11) is -3.78. The minimum atomic E-state index is -3.78. The molecule has 8 heteroatoms. The summed E-state index contributed by atoms with van der Waals surface area (Å²) >= 11 is 1.14. The molecule has 0 unspecified atom stereocenters. The van der Waals surface area contributed by atoms with Gasteiger partial charge in [0.2, 0.25) is 0 Å². The number of ether oxygens (including phenoxy) is 1. The molecular formula is C20H20N2O4S2. The van der Waals surface area contributed by atoms with Crippen LogP contribution in [-0.2, 0) is 19.6 Å². The van der Waals surface area contributed by atoms with E-state index in [1.807, 2.05) is 6.07 Å². The van der Waals surface area contributed by atoms with E-state index < -0.39 is 21.6 Å². The van der Waals surface area contributed by atoms with Crippen LogP contribution >= 0.6 is 11.3 Å². The van der Waals surface area contributed by atoms with Crippen molar-refractivity contribution in [3.05, 3.63) is 65.9 Å². The Kier molecular flexibility index (Phi) is 5.53. The maximum absolute atomic E-state index is 13.1. The topological polar surface area (TPSA) is 78.3 Å². The average molecular weight is 417 g/mol. The molecule has 0 aromatic carbocycles. The first kappa shape index (κ1) is 20.0. The van der Waals surface area contributed by atoms with Gasteiger partial charge in [0.15, 0.2) is 0 Å². The number of esters is 1. The average Bonchev–Trinajstić information content (AvgIpc) is 3.29. The summed E-state index contributed by atoms with van der Waals surface area (Å²) in [6.07, 6.45) is 7.33. The molecule has 3 heterocycles. The highest BCUT2D eigenvalue weighted by Gasteiger charge is 2.23. The lowest BCUT2D eigenvalue weighted by molar-refractivity contribution is -0.148. The quantitative estimate of drug-likeness (QED) is 0.460. The third kappa shape index (κ3) is 4.58. The molecule has 3 aromatic rings. The van der Waals surface area contributed by atoms with E-state index in [1.54, 1.807) is 56.6 Å². The molecule has 3 aromatic heterocycles. The summed E-state index contributed by atoms with van der Waals surface area (Å²) in [5.41, 5.74) is 1.15. The van der Waals surface area contributed by atoms with Gasteiger partial charge in [-0.05, 0) is 62.1 Å². The molecule has 0 aliphatic rings. The van der Waals surface area contributed by atoms with Crippen LogP contribution in [0.5, 0.6) is 0 Å².